The van der Waals surface area contributed by atoms with Crippen LogP contribution >= 0.6 is 0 Å². The smallest absolute Gasteiger partial charge is 0.0811 e. The molecule has 0 aromatic carbocycles. The van der Waals surface area contributed by atoms with Gasteiger partial charge in [-0.2, -0.15) is 0 Å². The van der Waals surface area contributed by atoms with Crippen molar-refractivity contribution in [1.29, 1.82) is 0 Å². The van der Waals surface area contributed by atoms with Crippen molar-refractivity contribution in [3.63, 3.8) is 0 Å². The minimum Gasteiger partial charge on any atom is -0.393 e. The number of piperidine rings is 1. The Hall–Kier alpha value is -1.36. The topological polar surface area (TPSA) is 63.9 Å². The van der Waals surface area contributed by atoms with Crippen LogP contribution in [0.2, 0.25) is 0 Å². The second kappa shape index (κ2) is 10.5. The lowest BCUT2D eigenvalue weighted by Crippen LogP contribution is -2.48. The average molecular weight is 458 g/mol. The maximum absolute atomic E-state index is 10.5. The molecule has 3 fully saturated rings. The van der Waals surface area contributed by atoms with E-state index >= 15 is 0 Å². The third-order valence-corrected chi connectivity index (χ3v) is 8.71. The average Bonchev–Trinajstić information content (AvgIpc) is 3.09. The van der Waals surface area contributed by atoms with Gasteiger partial charge < -0.3 is 20.2 Å². The third-order valence-electron chi connectivity index (χ3n) is 8.71. The van der Waals surface area contributed by atoms with E-state index in [1.165, 1.54) is 25.0 Å². The normalized spacial score (nSPS) is 35.5. The zero-order chi connectivity index (χ0) is 24.4. The number of hydrogen-bond acceptors (Lipinski definition) is 4. The Labute approximate surface area is 201 Å². The molecular weight excluding hydrogens is 410 g/mol. The van der Waals surface area contributed by atoms with E-state index in [4.69, 9.17) is 0 Å². The largest absolute Gasteiger partial charge is 0.393 e. The van der Waals surface area contributed by atoms with E-state index in [1.807, 2.05) is 13.8 Å². The van der Waals surface area contributed by atoms with E-state index in [-0.39, 0.29) is 11.5 Å². The number of nitrogens with zero attached hydrogens (tertiary/aromatic N) is 1. The summed E-state index contributed by atoms with van der Waals surface area (Å²) in [4.78, 5) is 2.64. The van der Waals surface area contributed by atoms with E-state index in [0.717, 1.165) is 37.0 Å². The van der Waals surface area contributed by atoms with Crippen molar-refractivity contribution in [2.45, 2.75) is 109 Å². The Balaban J connectivity index is 1.80. The molecule has 3 unspecified atom stereocenters. The van der Waals surface area contributed by atoms with Gasteiger partial charge in [-0.05, 0) is 94.8 Å². The van der Waals surface area contributed by atoms with Crippen LogP contribution in [0, 0.1) is 17.8 Å². The zero-order valence-electron chi connectivity index (χ0n) is 21.6. The first kappa shape index (κ1) is 26.2. The van der Waals surface area contributed by atoms with Gasteiger partial charge in [-0.3, -0.25) is 0 Å². The first-order valence-corrected chi connectivity index (χ1v) is 13.1. The molecule has 0 aromatic rings. The molecule has 0 radical (unpaired) electrons. The molecule has 1 aliphatic carbocycles. The van der Waals surface area contributed by atoms with E-state index in [0.29, 0.717) is 24.7 Å². The molecule has 6 atom stereocenters. The molecule has 3 rings (SSSR count). The lowest BCUT2D eigenvalue weighted by Gasteiger charge is -2.47. The van der Waals surface area contributed by atoms with Gasteiger partial charge in [0.05, 0.1) is 17.8 Å². The monoisotopic (exact) mass is 457 g/mol. The molecule has 0 aromatic heterocycles. The summed E-state index contributed by atoms with van der Waals surface area (Å²) in [5, 5.41) is 30.8. The van der Waals surface area contributed by atoms with Crippen LogP contribution in [-0.2, 0) is 0 Å². The third kappa shape index (κ3) is 5.66. The molecule has 0 bridgehead atoms. The van der Waals surface area contributed by atoms with Crippen LogP contribution in [0.1, 0.15) is 86.0 Å². The summed E-state index contributed by atoms with van der Waals surface area (Å²) in [6.45, 7) is 15.9. The second-order valence-electron chi connectivity index (χ2n) is 11.4. The Kier molecular flexibility index (Phi) is 8.35. The highest BCUT2D eigenvalue weighted by Crippen LogP contribution is 2.49. The number of aliphatic hydroxyl groups excluding tert-OH is 2. The highest BCUT2D eigenvalue weighted by molar-refractivity contribution is 5.38. The lowest BCUT2D eigenvalue weighted by molar-refractivity contribution is 0.0350. The standard InChI is InChI=1S/C29H47NO3/c1-7-21(11-13-23(8-2)28(4,5)33)26-15-17-30-24(10-9-16-29(26,30)6)14-12-22-18-25(31)19-27(32)20(22)3/h11-14,21,23,25-27,31-33H,3,7-10,15-19H2,1-2,4-6H3/b13-11+,22-12-,24-14+/t21?,23?,25?,26-,27+,29-/m1/s1. The fourth-order valence-electron chi connectivity index (χ4n) is 6.59. The summed E-state index contributed by atoms with van der Waals surface area (Å²) < 4.78 is 0. The summed E-state index contributed by atoms with van der Waals surface area (Å²) in [6.07, 6.45) is 15.5. The van der Waals surface area contributed by atoms with Crippen LogP contribution in [0.4, 0.5) is 0 Å². The van der Waals surface area contributed by atoms with Crippen molar-refractivity contribution in [3.05, 3.63) is 47.7 Å². The van der Waals surface area contributed by atoms with Crippen molar-refractivity contribution in [3.8, 4) is 0 Å². The van der Waals surface area contributed by atoms with Crippen LogP contribution in [0.5, 0.6) is 0 Å². The molecular formula is C29H47NO3. The summed E-state index contributed by atoms with van der Waals surface area (Å²) >= 11 is 0. The minimum atomic E-state index is -0.687. The van der Waals surface area contributed by atoms with E-state index in [1.54, 1.807) is 0 Å². The number of rotatable bonds is 7. The van der Waals surface area contributed by atoms with Gasteiger partial charge in [-0.25, -0.2) is 0 Å². The summed E-state index contributed by atoms with van der Waals surface area (Å²) in [7, 11) is 0. The molecule has 2 aliphatic heterocycles. The van der Waals surface area contributed by atoms with Gasteiger partial charge in [-0.15, -0.1) is 0 Å². The Bertz CT molecular complexity index is 789. The highest BCUT2D eigenvalue weighted by Gasteiger charge is 2.49. The Morgan fingerprint density at radius 1 is 1.18 bits per heavy atom. The fourth-order valence-corrected chi connectivity index (χ4v) is 6.59. The molecule has 186 valence electrons. The van der Waals surface area contributed by atoms with Gasteiger partial charge in [-0.1, -0.05) is 38.7 Å². The first-order chi connectivity index (χ1) is 15.5. The highest BCUT2D eigenvalue weighted by atomic mass is 16.3. The van der Waals surface area contributed by atoms with Gasteiger partial charge in [0.25, 0.3) is 0 Å². The fraction of sp³-hybridized carbons (Fsp3) is 0.724. The molecule has 33 heavy (non-hydrogen) atoms. The van der Waals surface area contributed by atoms with Crippen LogP contribution in [0.15, 0.2) is 47.7 Å². The van der Waals surface area contributed by atoms with E-state index < -0.39 is 17.8 Å². The molecule has 1 saturated carbocycles. The molecule has 2 saturated heterocycles. The Morgan fingerprint density at radius 2 is 1.91 bits per heavy atom. The molecule has 3 N–H and O–H groups in total. The molecule has 0 amide bonds. The van der Waals surface area contributed by atoms with Crippen LogP contribution in [0.25, 0.3) is 0 Å². The number of allylic oxidation sites excluding steroid dienone is 4. The summed E-state index contributed by atoms with van der Waals surface area (Å²) in [5.41, 5.74) is 2.56. The predicted molar refractivity (Wildman–Crippen MR) is 137 cm³/mol. The van der Waals surface area contributed by atoms with Gasteiger partial charge in [0.2, 0.25) is 0 Å². The molecule has 0 spiro atoms. The molecule has 4 nitrogen and oxygen atoms in total. The van der Waals surface area contributed by atoms with Crippen LogP contribution in [0.3, 0.4) is 0 Å². The second-order valence-corrected chi connectivity index (χ2v) is 11.4. The quantitative estimate of drug-likeness (QED) is 0.441. The summed E-state index contributed by atoms with van der Waals surface area (Å²) in [5.74, 6) is 1.29. The first-order valence-electron chi connectivity index (χ1n) is 13.1. The van der Waals surface area contributed by atoms with Crippen LogP contribution < -0.4 is 0 Å². The van der Waals surface area contributed by atoms with Crippen molar-refractivity contribution < 1.29 is 15.3 Å². The zero-order valence-corrected chi connectivity index (χ0v) is 21.6. The van der Waals surface area contributed by atoms with Gasteiger partial charge in [0.1, 0.15) is 0 Å². The van der Waals surface area contributed by atoms with E-state index in [2.05, 4.69) is 56.6 Å². The number of hydrogen-bond donors (Lipinski definition) is 3. The van der Waals surface area contributed by atoms with Crippen molar-refractivity contribution in [2.24, 2.45) is 17.8 Å². The lowest BCUT2D eigenvalue weighted by atomic mass is 9.71. The van der Waals surface area contributed by atoms with Crippen molar-refractivity contribution in [2.75, 3.05) is 6.54 Å². The van der Waals surface area contributed by atoms with E-state index in [9.17, 15) is 15.3 Å². The SMILES string of the molecule is C=C1/C(=C\C=C2/CCC[C@]3(C)[C@@H](C(/C=C/C(CC)C(C)(C)O)CC)CCN23)CC(O)C[C@@H]1O. The summed E-state index contributed by atoms with van der Waals surface area (Å²) in [6, 6.07) is 0. The molecule has 2 heterocycles. The van der Waals surface area contributed by atoms with Gasteiger partial charge >= 0.3 is 0 Å². The maximum atomic E-state index is 10.5. The predicted octanol–water partition coefficient (Wildman–Crippen LogP) is 5.51. The van der Waals surface area contributed by atoms with Gasteiger partial charge in [0.15, 0.2) is 0 Å². The van der Waals surface area contributed by atoms with Gasteiger partial charge in [0, 0.05) is 30.1 Å². The van der Waals surface area contributed by atoms with Crippen molar-refractivity contribution >= 4 is 0 Å². The molecule has 4 heteroatoms. The van der Waals surface area contributed by atoms with Crippen molar-refractivity contribution in [1.82, 2.24) is 4.90 Å². The van der Waals surface area contributed by atoms with Crippen LogP contribution in [-0.4, -0.2) is 50.1 Å². The molecule has 3 aliphatic rings. The maximum Gasteiger partial charge on any atom is 0.0811 e. The minimum absolute atomic E-state index is 0.145. The number of fused-ring (bicyclic) bond motifs is 1. The number of aliphatic hydroxyl groups is 3. The Morgan fingerprint density at radius 3 is 2.55 bits per heavy atom.